The summed E-state index contributed by atoms with van der Waals surface area (Å²) in [5.74, 6) is -0.158. The minimum absolute atomic E-state index is 0.0906. The number of nitrogens with one attached hydrogen (secondary N) is 1. The van der Waals surface area contributed by atoms with Gasteiger partial charge in [-0.25, -0.2) is 18.1 Å². The van der Waals surface area contributed by atoms with E-state index in [2.05, 4.69) is 9.71 Å². The van der Waals surface area contributed by atoms with Gasteiger partial charge in [-0.1, -0.05) is 0 Å². The summed E-state index contributed by atoms with van der Waals surface area (Å²) in [7, 11) is -3.34. The van der Waals surface area contributed by atoms with Crippen LogP contribution in [0.25, 0.3) is 0 Å². The second-order valence-corrected chi connectivity index (χ2v) is 7.87. The lowest BCUT2D eigenvalue weighted by molar-refractivity contribution is -0.0157. The highest BCUT2D eigenvalue weighted by atomic mass is 32.2. The third-order valence-corrected chi connectivity index (χ3v) is 5.12. The van der Waals surface area contributed by atoms with Crippen LogP contribution < -0.4 is 4.72 Å². The molecule has 0 saturated carbocycles. The Morgan fingerprint density at radius 3 is 3.05 bits per heavy atom. The average Bonchev–Trinajstić information content (AvgIpc) is 3.05. The second-order valence-electron chi connectivity index (χ2n) is 5.37. The summed E-state index contributed by atoms with van der Waals surface area (Å²) < 4.78 is 31.3. The highest BCUT2D eigenvalue weighted by Gasteiger charge is 2.47. The molecule has 0 unspecified atom stereocenters. The van der Waals surface area contributed by atoms with Gasteiger partial charge in [-0.05, 0) is 12.8 Å². The Labute approximate surface area is 127 Å². The van der Waals surface area contributed by atoms with E-state index in [0.717, 1.165) is 19.1 Å². The van der Waals surface area contributed by atoms with Crippen molar-refractivity contribution in [1.82, 2.24) is 14.6 Å². The lowest BCUT2D eigenvalue weighted by Gasteiger charge is -2.32. The zero-order valence-electron chi connectivity index (χ0n) is 11.6. The molecule has 1 N–H and O–H groups in total. The normalized spacial score (nSPS) is 29.4. The number of fused-ring (bicyclic) bond motifs is 1. The standard InChI is InChI=1S/C12H17N3O4S2/c1-21(17,18)14-8-5-15(10-3-2-4-19-11(8)10)12(16)9-6-20-7-13-9/h6-8,10-11,14H,2-5H2,1H3/t8-,10-,11-/m1/s1. The third-order valence-electron chi connectivity index (χ3n) is 3.80. The van der Waals surface area contributed by atoms with Crippen LogP contribution in [0.5, 0.6) is 0 Å². The molecule has 0 radical (unpaired) electrons. The molecule has 21 heavy (non-hydrogen) atoms. The number of hydrogen-bond donors (Lipinski definition) is 1. The molecule has 3 heterocycles. The zero-order valence-corrected chi connectivity index (χ0v) is 13.2. The average molecular weight is 331 g/mol. The largest absolute Gasteiger partial charge is 0.374 e. The van der Waals surface area contributed by atoms with Gasteiger partial charge in [0.15, 0.2) is 0 Å². The van der Waals surface area contributed by atoms with Crippen LogP contribution >= 0.6 is 11.3 Å². The van der Waals surface area contributed by atoms with E-state index in [1.165, 1.54) is 11.3 Å². The van der Waals surface area contributed by atoms with E-state index >= 15 is 0 Å². The molecular weight excluding hydrogens is 314 g/mol. The van der Waals surface area contributed by atoms with E-state index in [1.54, 1.807) is 15.8 Å². The fourth-order valence-electron chi connectivity index (χ4n) is 3.03. The maximum atomic E-state index is 12.5. The minimum Gasteiger partial charge on any atom is -0.374 e. The van der Waals surface area contributed by atoms with Crippen molar-refractivity contribution in [3.05, 3.63) is 16.6 Å². The van der Waals surface area contributed by atoms with Gasteiger partial charge < -0.3 is 9.64 Å². The van der Waals surface area contributed by atoms with Gasteiger partial charge >= 0.3 is 0 Å². The quantitative estimate of drug-likeness (QED) is 0.846. The molecular formula is C12H17N3O4S2. The van der Waals surface area contributed by atoms with Crippen molar-refractivity contribution in [1.29, 1.82) is 0 Å². The number of likely N-dealkylation sites (tertiary alicyclic amines) is 1. The van der Waals surface area contributed by atoms with E-state index in [-0.39, 0.29) is 18.1 Å². The lowest BCUT2D eigenvalue weighted by atomic mass is 10.0. The number of hydrogen-bond acceptors (Lipinski definition) is 6. The molecule has 1 aromatic heterocycles. The van der Waals surface area contributed by atoms with E-state index in [0.29, 0.717) is 18.8 Å². The summed E-state index contributed by atoms with van der Waals surface area (Å²) >= 11 is 1.37. The molecule has 3 rings (SSSR count). The van der Waals surface area contributed by atoms with Gasteiger partial charge in [-0.2, -0.15) is 0 Å². The number of nitrogens with zero attached hydrogens (tertiary/aromatic N) is 2. The van der Waals surface area contributed by atoms with Crippen molar-refractivity contribution >= 4 is 27.3 Å². The molecule has 9 heteroatoms. The Morgan fingerprint density at radius 2 is 2.38 bits per heavy atom. The SMILES string of the molecule is CS(=O)(=O)N[C@@H]1CN(C(=O)c2cscn2)[C@@H]2CCCO[C@@H]21. The number of rotatable bonds is 3. The van der Waals surface area contributed by atoms with Crippen LogP contribution in [0.15, 0.2) is 10.9 Å². The Bertz CT molecular complexity index is 616. The van der Waals surface area contributed by atoms with Crippen molar-refractivity contribution in [2.24, 2.45) is 0 Å². The first-order chi connectivity index (χ1) is 9.96. The molecule has 116 valence electrons. The maximum absolute atomic E-state index is 12.5. The number of sulfonamides is 1. The molecule has 2 fully saturated rings. The lowest BCUT2D eigenvalue weighted by Crippen LogP contribution is -2.47. The van der Waals surface area contributed by atoms with Gasteiger partial charge in [0, 0.05) is 18.5 Å². The second kappa shape index (κ2) is 5.64. The molecule has 2 saturated heterocycles. The molecule has 1 aromatic rings. The van der Waals surface area contributed by atoms with Gasteiger partial charge in [-0.3, -0.25) is 4.79 Å². The third kappa shape index (κ3) is 3.10. The molecule has 3 atom stereocenters. The van der Waals surface area contributed by atoms with Crippen LogP contribution in [0.2, 0.25) is 0 Å². The van der Waals surface area contributed by atoms with Gasteiger partial charge in [0.1, 0.15) is 5.69 Å². The van der Waals surface area contributed by atoms with Crippen molar-refractivity contribution in [2.45, 2.75) is 31.0 Å². The Morgan fingerprint density at radius 1 is 1.57 bits per heavy atom. The fourth-order valence-corrected chi connectivity index (χ4v) is 4.32. The zero-order chi connectivity index (χ0) is 15.0. The first kappa shape index (κ1) is 14.9. The molecule has 2 aliphatic rings. The predicted octanol–water partition coefficient (Wildman–Crippen LogP) is 0.0643. The summed E-state index contributed by atoms with van der Waals surface area (Å²) in [6.45, 7) is 0.917. The van der Waals surface area contributed by atoms with Crippen LogP contribution in [-0.4, -0.2) is 61.8 Å². The number of amides is 1. The van der Waals surface area contributed by atoms with E-state index < -0.39 is 16.1 Å². The van der Waals surface area contributed by atoms with Crippen LogP contribution in [-0.2, 0) is 14.8 Å². The van der Waals surface area contributed by atoms with Crippen molar-refractivity contribution < 1.29 is 17.9 Å². The van der Waals surface area contributed by atoms with E-state index in [9.17, 15) is 13.2 Å². The van der Waals surface area contributed by atoms with Gasteiger partial charge in [0.25, 0.3) is 5.91 Å². The molecule has 1 amide bonds. The Kier molecular flexibility index (Phi) is 4.00. The van der Waals surface area contributed by atoms with Crippen molar-refractivity contribution in [2.75, 3.05) is 19.4 Å². The van der Waals surface area contributed by atoms with Crippen LogP contribution in [0, 0.1) is 0 Å². The number of carbonyl (C=O) groups is 1. The number of aromatic nitrogens is 1. The Balaban J connectivity index is 1.83. The monoisotopic (exact) mass is 331 g/mol. The summed E-state index contributed by atoms with van der Waals surface area (Å²) in [5.41, 5.74) is 2.02. The van der Waals surface area contributed by atoms with Gasteiger partial charge in [0.2, 0.25) is 10.0 Å². The molecule has 0 spiro atoms. The van der Waals surface area contributed by atoms with Gasteiger partial charge in [-0.15, -0.1) is 11.3 Å². The molecule has 0 aromatic carbocycles. The van der Waals surface area contributed by atoms with Crippen molar-refractivity contribution in [3.63, 3.8) is 0 Å². The van der Waals surface area contributed by atoms with Gasteiger partial charge in [0.05, 0.1) is 30.0 Å². The number of ether oxygens (including phenoxy) is 1. The van der Waals surface area contributed by atoms with E-state index in [1.807, 2.05) is 0 Å². The summed E-state index contributed by atoms with van der Waals surface area (Å²) in [6.07, 6.45) is 2.53. The number of thiazole rings is 1. The fraction of sp³-hybridized carbons (Fsp3) is 0.667. The maximum Gasteiger partial charge on any atom is 0.273 e. The summed E-state index contributed by atoms with van der Waals surface area (Å²) in [4.78, 5) is 18.3. The first-order valence-electron chi connectivity index (χ1n) is 6.74. The van der Waals surface area contributed by atoms with Crippen LogP contribution in [0.1, 0.15) is 23.3 Å². The predicted molar refractivity (Wildman–Crippen MR) is 77.7 cm³/mol. The smallest absolute Gasteiger partial charge is 0.273 e. The van der Waals surface area contributed by atoms with Crippen molar-refractivity contribution in [3.8, 4) is 0 Å². The molecule has 7 nitrogen and oxygen atoms in total. The first-order valence-corrected chi connectivity index (χ1v) is 9.57. The van der Waals surface area contributed by atoms with Crippen LogP contribution in [0.4, 0.5) is 0 Å². The highest BCUT2D eigenvalue weighted by Crippen LogP contribution is 2.30. The molecule has 0 bridgehead atoms. The summed E-state index contributed by atoms with van der Waals surface area (Å²) in [5, 5.41) is 1.71. The number of carbonyl (C=O) groups excluding carboxylic acids is 1. The van der Waals surface area contributed by atoms with Crippen LogP contribution in [0.3, 0.4) is 0 Å². The minimum atomic E-state index is -3.34. The molecule has 0 aliphatic carbocycles. The Hall–Kier alpha value is -1.03. The highest BCUT2D eigenvalue weighted by molar-refractivity contribution is 7.88. The molecule has 2 aliphatic heterocycles. The summed E-state index contributed by atoms with van der Waals surface area (Å²) in [6, 6.07) is -0.486. The topological polar surface area (TPSA) is 88.6 Å². The van der Waals surface area contributed by atoms with E-state index in [4.69, 9.17) is 4.74 Å².